The van der Waals surface area contributed by atoms with Crippen LogP contribution < -0.4 is 10.1 Å². The molecule has 4 nitrogen and oxygen atoms in total. The smallest absolute Gasteiger partial charge is 0.226 e. The maximum Gasteiger partial charge on any atom is 0.226 e. The molecular formula is C17H16ClFN2O2. The number of benzene rings is 1. The van der Waals surface area contributed by atoms with E-state index in [1.807, 2.05) is 13.0 Å². The normalized spacial score (nSPS) is 14.0. The van der Waals surface area contributed by atoms with Crippen LogP contribution in [0.5, 0.6) is 5.75 Å². The van der Waals surface area contributed by atoms with Crippen LogP contribution in [-0.4, -0.2) is 17.5 Å². The number of aromatic nitrogens is 1. The van der Waals surface area contributed by atoms with E-state index in [9.17, 15) is 9.18 Å². The summed E-state index contributed by atoms with van der Waals surface area (Å²) >= 11 is 6.13. The van der Waals surface area contributed by atoms with E-state index in [0.717, 1.165) is 23.3 Å². The maximum absolute atomic E-state index is 13.6. The molecule has 1 aromatic carbocycles. The number of amides is 1. The molecule has 2 heterocycles. The van der Waals surface area contributed by atoms with Crippen LogP contribution in [0.2, 0.25) is 5.02 Å². The molecule has 1 aromatic heterocycles. The summed E-state index contributed by atoms with van der Waals surface area (Å²) in [4.78, 5) is 16.0. The molecular weight excluding hydrogens is 319 g/mol. The van der Waals surface area contributed by atoms with Crippen LogP contribution in [0.3, 0.4) is 0 Å². The fraction of sp³-hybridized carbons (Fsp3) is 0.294. The van der Waals surface area contributed by atoms with Gasteiger partial charge in [0, 0.05) is 23.2 Å². The lowest BCUT2D eigenvalue weighted by Crippen LogP contribution is -2.29. The van der Waals surface area contributed by atoms with Crippen molar-refractivity contribution in [1.82, 2.24) is 10.3 Å². The highest BCUT2D eigenvalue weighted by atomic mass is 35.5. The van der Waals surface area contributed by atoms with Crippen LogP contribution in [0.15, 0.2) is 30.5 Å². The molecule has 6 heteroatoms. The van der Waals surface area contributed by atoms with Crippen LogP contribution in [0.25, 0.3) is 0 Å². The number of carbonyl (C=O) groups is 1. The number of fused-ring (bicyclic) bond motifs is 1. The molecule has 0 saturated carbocycles. The topological polar surface area (TPSA) is 51.2 Å². The van der Waals surface area contributed by atoms with Gasteiger partial charge in [-0.2, -0.15) is 0 Å². The third kappa shape index (κ3) is 3.45. The van der Waals surface area contributed by atoms with Crippen LogP contribution in [0.4, 0.5) is 4.39 Å². The first kappa shape index (κ1) is 15.7. The van der Waals surface area contributed by atoms with Crippen molar-refractivity contribution in [2.75, 3.05) is 6.61 Å². The fourth-order valence-corrected chi connectivity index (χ4v) is 2.94. The van der Waals surface area contributed by atoms with Gasteiger partial charge < -0.3 is 10.1 Å². The van der Waals surface area contributed by atoms with Gasteiger partial charge in [0.25, 0.3) is 0 Å². The Morgan fingerprint density at radius 2 is 2.35 bits per heavy atom. The van der Waals surface area contributed by atoms with Crippen molar-refractivity contribution in [3.05, 3.63) is 58.1 Å². The molecule has 2 aromatic rings. The van der Waals surface area contributed by atoms with Crippen molar-refractivity contribution in [3.63, 3.8) is 0 Å². The zero-order valence-corrected chi connectivity index (χ0v) is 13.4. The van der Waals surface area contributed by atoms with Crippen LogP contribution in [0.1, 0.15) is 29.8 Å². The molecule has 0 aliphatic carbocycles. The predicted molar refractivity (Wildman–Crippen MR) is 85.1 cm³/mol. The highest BCUT2D eigenvalue weighted by Gasteiger charge is 2.22. The molecule has 0 saturated heterocycles. The van der Waals surface area contributed by atoms with E-state index >= 15 is 0 Å². The average Bonchev–Trinajstić information content (AvgIpc) is 2.96. The molecule has 1 unspecified atom stereocenters. The summed E-state index contributed by atoms with van der Waals surface area (Å²) in [5.41, 5.74) is 2.01. The molecule has 3 rings (SSSR count). The molecule has 0 fully saturated rings. The summed E-state index contributed by atoms with van der Waals surface area (Å²) in [6.45, 7) is 2.46. The van der Waals surface area contributed by atoms with Crippen LogP contribution in [0, 0.1) is 5.82 Å². The summed E-state index contributed by atoms with van der Waals surface area (Å²) in [6.07, 6.45) is 2.16. The summed E-state index contributed by atoms with van der Waals surface area (Å²) in [5.74, 6) is -0.00433. The molecule has 0 radical (unpaired) electrons. The number of halogens is 2. The van der Waals surface area contributed by atoms with Crippen molar-refractivity contribution >= 4 is 17.5 Å². The van der Waals surface area contributed by atoms with E-state index < -0.39 is 5.82 Å². The van der Waals surface area contributed by atoms with E-state index in [2.05, 4.69) is 10.3 Å². The van der Waals surface area contributed by atoms with Gasteiger partial charge in [-0.3, -0.25) is 9.78 Å². The fourth-order valence-electron chi connectivity index (χ4n) is 2.69. The number of hydrogen-bond acceptors (Lipinski definition) is 3. The average molecular weight is 335 g/mol. The second-order valence-corrected chi connectivity index (χ2v) is 5.92. The number of nitrogens with zero attached hydrogens (tertiary/aromatic N) is 1. The highest BCUT2D eigenvalue weighted by Crippen LogP contribution is 2.36. The van der Waals surface area contributed by atoms with Crippen LogP contribution in [-0.2, 0) is 17.6 Å². The summed E-state index contributed by atoms with van der Waals surface area (Å²) in [7, 11) is 0. The lowest BCUT2D eigenvalue weighted by Gasteiger charge is -2.17. The Hall–Kier alpha value is -2.14. The number of pyridine rings is 1. The molecule has 0 bridgehead atoms. The summed E-state index contributed by atoms with van der Waals surface area (Å²) in [6, 6.07) is 6.16. The largest absolute Gasteiger partial charge is 0.493 e. The van der Waals surface area contributed by atoms with Gasteiger partial charge in [0.2, 0.25) is 5.91 Å². The lowest BCUT2D eigenvalue weighted by atomic mass is 10.0. The zero-order valence-electron chi connectivity index (χ0n) is 12.6. The van der Waals surface area contributed by atoms with Gasteiger partial charge in [-0.15, -0.1) is 0 Å². The summed E-state index contributed by atoms with van der Waals surface area (Å²) < 4.78 is 19.2. The third-order valence-electron chi connectivity index (χ3n) is 3.78. The quantitative estimate of drug-likeness (QED) is 0.934. The van der Waals surface area contributed by atoms with Gasteiger partial charge >= 0.3 is 0 Å². The van der Waals surface area contributed by atoms with Gasteiger partial charge in [-0.1, -0.05) is 11.6 Å². The number of ether oxygens (including phenoxy) is 1. The highest BCUT2D eigenvalue weighted by molar-refractivity contribution is 6.30. The van der Waals surface area contributed by atoms with Gasteiger partial charge in [0.05, 0.1) is 24.8 Å². The first-order valence-corrected chi connectivity index (χ1v) is 7.76. The second-order valence-electron chi connectivity index (χ2n) is 5.48. The van der Waals surface area contributed by atoms with E-state index in [0.29, 0.717) is 11.6 Å². The molecule has 1 aliphatic heterocycles. The van der Waals surface area contributed by atoms with Crippen molar-refractivity contribution in [3.8, 4) is 5.75 Å². The molecule has 1 amide bonds. The second kappa shape index (κ2) is 6.54. The van der Waals surface area contributed by atoms with E-state index in [4.69, 9.17) is 16.3 Å². The first-order valence-electron chi connectivity index (χ1n) is 7.38. The van der Waals surface area contributed by atoms with Gasteiger partial charge in [0.15, 0.2) is 0 Å². The van der Waals surface area contributed by atoms with E-state index in [-0.39, 0.29) is 24.1 Å². The Morgan fingerprint density at radius 3 is 3.13 bits per heavy atom. The van der Waals surface area contributed by atoms with Crippen molar-refractivity contribution in [2.45, 2.75) is 25.8 Å². The number of hydrogen-bond donors (Lipinski definition) is 1. The Labute approximate surface area is 138 Å². The Morgan fingerprint density at radius 1 is 1.52 bits per heavy atom. The van der Waals surface area contributed by atoms with Crippen molar-refractivity contribution in [2.24, 2.45) is 0 Å². The molecule has 0 spiro atoms. The molecule has 120 valence electrons. The minimum atomic E-state index is -0.484. The molecule has 23 heavy (non-hydrogen) atoms. The third-order valence-corrected chi connectivity index (χ3v) is 4.00. The van der Waals surface area contributed by atoms with Gasteiger partial charge in [-0.05, 0) is 36.8 Å². The van der Waals surface area contributed by atoms with Gasteiger partial charge in [-0.25, -0.2) is 4.39 Å². The Balaban J connectivity index is 1.74. The van der Waals surface area contributed by atoms with Crippen molar-refractivity contribution in [1.29, 1.82) is 0 Å². The van der Waals surface area contributed by atoms with E-state index in [1.54, 1.807) is 6.07 Å². The number of nitrogens with one attached hydrogen (secondary N) is 1. The minimum Gasteiger partial charge on any atom is -0.493 e. The number of rotatable bonds is 4. The van der Waals surface area contributed by atoms with E-state index in [1.165, 1.54) is 18.3 Å². The monoisotopic (exact) mass is 334 g/mol. The Bertz CT molecular complexity index is 751. The number of carbonyl (C=O) groups excluding carboxylic acids is 1. The van der Waals surface area contributed by atoms with Crippen molar-refractivity contribution < 1.29 is 13.9 Å². The zero-order chi connectivity index (χ0) is 16.4. The maximum atomic E-state index is 13.6. The van der Waals surface area contributed by atoms with Crippen LogP contribution >= 0.6 is 11.6 Å². The minimum absolute atomic E-state index is 0.110. The Kier molecular flexibility index (Phi) is 4.48. The first-order chi connectivity index (χ1) is 11.0. The molecule has 1 atom stereocenters. The SMILES string of the molecule is CC(NC(=O)Cc1ncccc1F)c1cc(Cl)cc2c1OCC2. The predicted octanol–water partition coefficient (Wildman–Crippen LogP) is 3.23. The molecule has 1 N–H and O–H groups in total. The van der Waals surface area contributed by atoms with Gasteiger partial charge in [0.1, 0.15) is 11.6 Å². The standard InChI is InChI=1S/C17H16ClFN2O2/c1-10(13-8-12(18)7-11-4-6-23-17(11)13)21-16(22)9-15-14(19)3-2-5-20-15/h2-3,5,7-8,10H,4,6,9H2,1H3,(H,21,22). The summed E-state index contributed by atoms with van der Waals surface area (Å²) in [5, 5.41) is 3.46. The lowest BCUT2D eigenvalue weighted by molar-refractivity contribution is -0.121. The molecule has 1 aliphatic rings.